The lowest BCUT2D eigenvalue weighted by molar-refractivity contribution is -0.156. The van der Waals surface area contributed by atoms with Gasteiger partial charge in [-0.2, -0.15) is 0 Å². The number of rotatable bonds is 4. The van der Waals surface area contributed by atoms with Gasteiger partial charge in [-0.25, -0.2) is 4.79 Å². The predicted octanol–water partition coefficient (Wildman–Crippen LogP) is 2.34. The molecule has 0 aliphatic rings. The van der Waals surface area contributed by atoms with Crippen LogP contribution in [-0.4, -0.2) is 33.9 Å². The number of carbonyl (C=O) groups is 2. The first-order valence-electron chi connectivity index (χ1n) is 4.54. The lowest BCUT2D eigenvalue weighted by Crippen LogP contribution is -2.43. The molecule has 0 N–H and O–H groups in total. The number of hydrogen-bond acceptors (Lipinski definition) is 5. The molecule has 0 bridgehead atoms. The Labute approximate surface area is 99.7 Å². The van der Waals surface area contributed by atoms with Crippen molar-refractivity contribution >= 4 is 35.3 Å². The minimum absolute atomic E-state index is 0.184. The van der Waals surface area contributed by atoms with E-state index in [1.807, 2.05) is 0 Å². The summed E-state index contributed by atoms with van der Waals surface area (Å²) >= 11 is 2.43. The fourth-order valence-corrected chi connectivity index (χ4v) is 2.68. The molecule has 0 radical (unpaired) electrons. The lowest BCUT2D eigenvalue weighted by Gasteiger charge is -2.29. The van der Waals surface area contributed by atoms with Crippen molar-refractivity contribution in [1.29, 1.82) is 0 Å². The third-order valence-corrected chi connectivity index (χ3v) is 4.76. The van der Waals surface area contributed by atoms with Gasteiger partial charge in [0.1, 0.15) is 5.60 Å². The standard InChI is InChI=1S/C10H18O3S2/c1-7(11)10(14-5,15-6)8(12)13-9(2,3)4/h1-6H3. The van der Waals surface area contributed by atoms with Crippen LogP contribution in [0, 0.1) is 0 Å². The number of ether oxygens (including phenoxy) is 1. The van der Waals surface area contributed by atoms with Crippen molar-refractivity contribution in [2.45, 2.75) is 37.4 Å². The Hall–Kier alpha value is -0.160. The zero-order valence-electron chi connectivity index (χ0n) is 10.0. The highest BCUT2D eigenvalue weighted by atomic mass is 32.2. The quantitative estimate of drug-likeness (QED) is 0.435. The Balaban J connectivity index is 4.95. The number of ketones is 1. The summed E-state index contributed by atoms with van der Waals surface area (Å²) in [5.74, 6) is -0.653. The summed E-state index contributed by atoms with van der Waals surface area (Å²) in [6.07, 6.45) is 3.48. The molecule has 0 saturated heterocycles. The molecule has 0 saturated carbocycles. The Morgan fingerprint density at radius 2 is 1.47 bits per heavy atom. The number of hydrogen-bond donors (Lipinski definition) is 0. The summed E-state index contributed by atoms with van der Waals surface area (Å²) in [5, 5.41) is 0. The highest BCUT2D eigenvalue weighted by Gasteiger charge is 2.45. The van der Waals surface area contributed by atoms with Gasteiger partial charge in [-0.1, -0.05) is 0 Å². The fraction of sp³-hybridized carbons (Fsp3) is 0.800. The van der Waals surface area contributed by atoms with Crippen molar-refractivity contribution in [2.75, 3.05) is 12.5 Å². The molecule has 0 atom stereocenters. The van der Waals surface area contributed by atoms with E-state index >= 15 is 0 Å². The van der Waals surface area contributed by atoms with Crippen molar-refractivity contribution in [3.63, 3.8) is 0 Å². The smallest absolute Gasteiger partial charge is 0.340 e. The summed E-state index contributed by atoms with van der Waals surface area (Å²) in [4.78, 5) is 23.4. The summed E-state index contributed by atoms with van der Waals surface area (Å²) in [7, 11) is 0. The Morgan fingerprint density at radius 3 is 1.67 bits per heavy atom. The van der Waals surface area contributed by atoms with Gasteiger partial charge in [-0.05, 0) is 40.2 Å². The molecule has 0 fully saturated rings. The van der Waals surface area contributed by atoms with Crippen molar-refractivity contribution in [1.82, 2.24) is 0 Å². The predicted molar refractivity (Wildman–Crippen MR) is 66.3 cm³/mol. The van der Waals surface area contributed by atoms with Crippen LogP contribution in [0.5, 0.6) is 0 Å². The van der Waals surface area contributed by atoms with Gasteiger partial charge < -0.3 is 4.74 Å². The SMILES string of the molecule is CSC(SC)(C(C)=O)C(=O)OC(C)(C)C. The van der Waals surface area contributed by atoms with Gasteiger partial charge >= 0.3 is 5.97 Å². The molecule has 0 amide bonds. The van der Waals surface area contributed by atoms with Crippen LogP contribution in [0.15, 0.2) is 0 Å². The van der Waals surface area contributed by atoms with E-state index in [-0.39, 0.29) is 5.78 Å². The number of Topliss-reactive ketones (excluding diaryl/α,β-unsaturated/α-hetero) is 1. The van der Waals surface area contributed by atoms with Crippen molar-refractivity contribution in [2.24, 2.45) is 0 Å². The van der Waals surface area contributed by atoms with Crippen LogP contribution in [0.4, 0.5) is 0 Å². The highest BCUT2D eigenvalue weighted by molar-refractivity contribution is 8.19. The fourth-order valence-electron chi connectivity index (χ4n) is 1.03. The first kappa shape index (κ1) is 14.8. The molecule has 0 aromatic rings. The van der Waals surface area contributed by atoms with Crippen LogP contribution in [-0.2, 0) is 14.3 Å². The largest absolute Gasteiger partial charge is 0.458 e. The molecular formula is C10H18O3S2. The second kappa shape index (κ2) is 5.25. The van der Waals surface area contributed by atoms with E-state index in [4.69, 9.17) is 4.74 Å². The molecule has 0 aromatic carbocycles. The minimum atomic E-state index is -1.12. The molecule has 0 aliphatic heterocycles. The van der Waals surface area contributed by atoms with E-state index in [1.54, 1.807) is 33.3 Å². The van der Waals surface area contributed by atoms with Gasteiger partial charge in [0.2, 0.25) is 4.08 Å². The average molecular weight is 250 g/mol. The molecule has 0 spiro atoms. The van der Waals surface area contributed by atoms with E-state index < -0.39 is 15.6 Å². The van der Waals surface area contributed by atoms with Crippen LogP contribution in [0.3, 0.4) is 0 Å². The molecule has 15 heavy (non-hydrogen) atoms. The maximum absolute atomic E-state index is 11.9. The number of esters is 1. The van der Waals surface area contributed by atoms with E-state index in [0.717, 1.165) is 0 Å². The van der Waals surface area contributed by atoms with Crippen molar-refractivity contribution in [3.05, 3.63) is 0 Å². The molecule has 0 aliphatic carbocycles. The first-order valence-corrected chi connectivity index (χ1v) is 6.99. The van der Waals surface area contributed by atoms with Gasteiger partial charge in [0.25, 0.3) is 0 Å². The molecule has 0 heterocycles. The normalized spacial score (nSPS) is 12.4. The molecule has 0 aromatic heterocycles. The van der Waals surface area contributed by atoms with E-state index in [0.29, 0.717) is 0 Å². The maximum atomic E-state index is 11.9. The summed E-state index contributed by atoms with van der Waals surface area (Å²) in [6.45, 7) is 6.78. The monoisotopic (exact) mass is 250 g/mol. The number of thioether (sulfide) groups is 2. The molecule has 0 rings (SSSR count). The molecular weight excluding hydrogens is 232 g/mol. The lowest BCUT2D eigenvalue weighted by atomic mass is 10.2. The summed E-state index contributed by atoms with van der Waals surface area (Å²) < 4.78 is 4.13. The first-order chi connectivity index (χ1) is 6.69. The molecule has 3 nitrogen and oxygen atoms in total. The maximum Gasteiger partial charge on any atom is 0.340 e. The van der Waals surface area contributed by atoms with E-state index in [9.17, 15) is 9.59 Å². The Morgan fingerprint density at radius 1 is 1.07 bits per heavy atom. The van der Waals surface area contributed by atoms with Crippen LogP contribution < -0.4 is 0 Å². The second-order valence-electron chi connectivity index (χ2n) is 4.08. The minimum Gasteiger partial charge on any atom is -0.458 e. The second-order valence-corrected chi connectivity index (χ2v) is 6.38. The zero-order chi connectivity index (χ0) is 12.3. The van der Waals surface area contributed by atoms with E-state index in [1.165, 1.54) is 30.4 Å². The number of carbonyl (C=O) groups excluding carboxylic acids is 2. The van der Waals surface area contributed by atoms with Gasteiger partial charge in [-0.3, -0.25) is 4.79 Å². The third kappa shape index (κ3) is 3.72. The highest BCUT2D eigenvalue weighted by Crippen LogP contribution is 2.37. The van der Waals surface area contributed by atoms with Crippen LogP contribution in [0.25, 0.3) is 0 Å². The average Bonchev–Trinajstić information content (AvgIpc) is 2.03. The topological polar surface area (TPSA) is 43.4 Å². The Bertz CT molecular complexity index is 252. The van der Waals surface area contributed by atoms with Crippen LogP contribution >= 0.6 is 23.5 Å². The Kier molecular flexibility index (Phi) is 5.20. The van der Waals surface area contributed by atoms with Crippen molar-refractivity contribution < 1.29 is 14.3 Å². The van der Waals surface area contributed by atoms with Crippen LogP contribution in [0.2, 0.25) is 0 Å². The summed E-state index contributed by atoms with van der Waals surface area (Å²) in [5.41, 5.74) is -0.566. The third-order valence-electron chi connectivity index (χ3n) is 1.71. The molecule has 5 heteroatoms. The molecule has 0 unspecified atom stereocenters. The summed E-state index contributed by atoms with van der Waals surface area (Å²) in [6, 6.07) is 0. The van der Waals surface area contributed by atoms with Gasteiger partial charge in [0, 0.05) is 0 Å². The van der Waals surface area contributed by atoms with Crippen molar-refractivity contribution in [3.8, 4) is 0 Å². The van der Waals surface area contributed by atoms with Gasteiger partial charge in [-0.15, -0.1) is 23.5 Å². The van der Waals surface area contributed by atoms with E-state index in [2.05, 4.69) is 0 Å². The molecule has 88 valence electrons. The van der Waals surface area contributed by atoms with Crippen LogP contribution in [0.1, 0.15) is 27.7 Å². The zero-order valence-corrected chi connectivity index (χ0v) is 11.7. The van der Waals surface area contributed by atoms with Gasteiger partial charge in [0.05, 0.1) is 0 Å². The van der Waals surface area contributed by atoms with Gasteiger partial charge in [0.15, 0.2) is 5.78 Å².